The minimum Gasteiger partial charge on any atom is -0.388 e. The molecule has 0 saturated carbocycles. The van der Waals surface area contributed by atoms with Crippen LogP contribution in [0.1, 0.15) is 22.8 Å². The van der Waals surface area contributed by atoms with Gasteiger partial charge in [-0.1, -0.05) is 58.4 Å². The maximum Gasteiger partial charge on any atom is 0.0841 e. The molecule has 88 valence electrons. The van der Waals surface area contributed by atoms with E-state index in [1.807, 2.05) is 55.5 Å². The Labute approximate surface area is 110 Å². The summed E-state index contributed by atoms with van der Waals surface area (Å²) < 4.78 is 0.973. The molecule has 0 aliphatic heterocycles. The van der Waals surface area contributed by atoms with Crippen LogP contribution in [0, 0.1) is 6.92 Å². The minimum absolute atomic E-state index is 0.465. The van der Waals surface area contributed by atoms with Crippen molar-refractivity contribution in [2.75, 3.05) is 0 Å². The second-order valence-corrected chi connectivity index (χ2v) is 5.08. The van der Waals surface area contributed by atoms with Crippen molar-refractivity contribution in [2.45, 2.75) is 19.4 Å². The Bertz CT molecular complexity index is 494. The van der Waals surface area contributed by atoms with Crippen LogP contribution in [-0.4, -0.2) is 5.11 Å². The van der Waals surface area contributed by atoms with Crippen molar-refractivity contribution in [3.63, 3.8) is 0 Å². The zero-order valence-electron chi connectivity index (χ0n) is 9.73. The van der Waals surface area contributed by atoms with Gasteiger partial charge in [0.2, 0.25) is 0 Å². The van der Waals surface area contributed by atoms with E-state index in [1.54, 1.807) is 0 Å². The first-order valence-electron chi connectivity index (χ1n) is 5.65. The lowest BCUT2D eigenvalue weighted by Gasteiger charge is -2.13. The van der Waals surface area contributed by atoms with Crippen molar-refractivity contribution < 1.29 is 5.11 Å². The number of halogens is 1. The zero-order chi connectivity index (χ0) is 12.3. The summed E-state index contributed by atoms with van der Waals surface area (Å²) in [5.74, 6) is 0. The number of hydrogen-bond acceptors (Lipinski definition) is 1. The van der Waals surface area contributed by atoms with E-state index in [4.69, 9.17) is 0 Å². The molecule has 0 aliphatic rings. The molecule has 0 aromatic heterocycles. The third-order valence-electron chi connectivity index (χ3n) is 2.79. The normalized spacial score (nSPS) is 12.4. The van der Waals surface area contributed by atoms with Gasteiger partial charge in [-0.25, -0.2) is 0 Å². The lowest BCUT2D eigenvalue weighted by Crippen LogP contribution is -2.02. The highest BCUT2D eigenvalue weighted by molar-refractivity contribution is 9.10. The minimum atomic E-state index is -0.465. The van der Waals surface area contributed by atoms with Gasteiger partial charge in [0.05, 0.1) is 6.10 Å². The third kappa shape index (κ3) is 3.18. The van der Waals surface area contributed by atoms with E-state index in [1.165, 1.54) is 5.56 Å². The second kappa shape index (κ2) is 5.48. The maximum atomic E-state index is 10.2. The zero-order valence-corrected chi connectivity index (χ0v) is 11.3. The Morgan fingerprint density at radius 3 is 2.47 bits per heavy atom. The van der Waals surface area contributed by atoms with E-state index in [0.29, 0.717) is 6.42 Å². The number of aliphatic hydroxyl groups excluding tert-OH is 1. The van der Waals surface area contributed by atoms with Gasteiger partial charge in [0, 0.05) is 10.9 Å². The fourth-order valence-corrected chi connectivity index (χ4v) is 2.61. The third-order valence-corrected chi connectivity index (χ3v) is 3.47. The predicted octanol–water partition coefficient (Wildman–Crippen LogP) is 4.03. The number of rotatable bonds is 3. The summed E-state index contributed by atoms with van der Waals surface area (Å²) >= 11 is 3.50. The van der Waals surface area contributed by atoms with Gasteiger partial charge >= 0.3 is 0 Å². The van der Waals surface area contributed by atoms with Gasteiger partial charge in [-0.15, -0.1) is 0 Å². The molecule has 2 aromatic rings. The highest BCUT2D eigenvalue weighted by Gasteiger charge is 2.11. The first-order chi connectivity index (χ1) is 8.16. The molecule has 2 aromatic carbocycles. The van der Waals surface area contributed by atoms with Crippen LogP contribution in [0.2, 0.25) is 0 Å². The monoisotopic (exact) mass is 290 g/mol. The van der Waals surface area contributed by atoms with Crippen molar-refractivity contribution in [1.82, 2.24) is 0 Å². The standard InChI is InChI=1S/C15H15BrO/c1-11-7-8-13(14(16)9-11)15(17)10-12-5-3-2-4-6-12/h2-9,15,17H,10H2,1H3. The van der Waals surface area contributed by atoms with Crippen LogP contribution >= 0.6 is 15.9 Å². The Kier molecular flexibility index (Phi) is 3.97. The fraction of sp³-hybridized carbons (Fsp3) is 0.200. The first-order valence-corrected chi connectivity index (χ1v) is 6.44. The first kappa shape index (κ1) is 12.3. The molecule has 1 atom stereocenters. The van der Waals surface area contributed by atoms with Gasteiger partial charge in [0.15, 0.2) is 0 Å². The van der Waals surface area contributed by atoms with E-state index in [0.717, 1.165) is 15.6 Å². The molecule has 0 spiro atoms. The molecule has 2 rings (SSSR count). The number of aryl methyl sites for hydroxylation is 1. The largest absolute Gasteiger partial charge is 0.388 e. The van der Waals surface area contributed by atoms with Crippen LogP contribution in [0.25, 0.3) is 0 Å². The Hall–Kier alpha value is -1.12. The SMILES string of the molecule is Cc1ccc(C(O)Cc2ccccc2)c(Br)c1. The molecular weight excluding hydrogens is 276 g/mol. The summed E-state index contributed by atoms with van der Waals surface area (Å²) in [7, 11) is 0. The quantitative estimate of drug-likeness (QED) is 0.905. The lowest BCUT2D eigenvalue weighted by atomic mass is 10.0. The number of hydrogen-bond donors (Lipinski definition) is 1. The molecular formula is C15H15BrO. The number of aliphatic hydroxyl groups is 1. The highest BCUT2D eigenvalue weighted by atomic mass is 79.9. The Morgan fingerprint density at radius 1 is 1.12 bits per heavy atom. The predicted molar refractivity (Wildman–Crippen MR) is 74.0 cm³/mol. The average Bonchev–Trinajstić information content (AvgIpc) is 2.30. The van der Waals surface area contributed by atoms with Gasteiger partial charge < -0.3 is 5.11 Å². The van der Waals surface area contributed by atoms with Gasteiger partial charge in [-0.05, 0) is 29.7 Å². The van der Waals surface area contributed by atoms with E-state index < -0.39 is 6.10 Å². The summed E-state index contributed by atoms with van der Waals surface area (Å²) in [5.41, 5.74) is 3.28. The van der Waals surface area contributed by atoms with E-state index in [2.05, 4.69) is 15.9 Å². The topological polar surface area (TPSA) is 20.2 Å². The van der Waals surface area contributed by atoms with Crippen molar-refractivity contribution >= 4 is 15.9 Å². The van der Waals surface area contributed by atoms with Crippen LogP contribution in [0.15, 0.2) is 53.0 Å². The smallest absolute Gasteiger partial charge is 0.0841 e. The fourth-order valence-electron chi connectivity index (χ4n) is 1.85. The van der Waals surface area contributed by atoms with Crippen molar-refractivity contribution in [1.29, 1.82) is 0 Å². The van der Waals surface area contributed by atoms with Crippen molar-refractivity contribution in [3.05, 3.63) is 69.7 Å². The van der Waals surface area contributed by atoms with Gasteiger partial charge in [-0.2, -0.15) is 0 Å². The van der Waals surface area contributed by atoms with Gasteiger partial charge in [0.25, 0.3) is 0 Å². The molecule has 2 heteroatoms. The second-order valence-electron chi connectivity index (χ2n) is 4.23. The molecule has 0 saturated heterocycles. The van der Waals surface area contributed by atoms with Crippen LogP contribution in [0.4, 0.5) is 0 Å². The van der Waals surface area contributed by atoms with Gasteiger partial charge in [-0.3, -0.25) is 0 Å². The molecule has 17 heavy (non-hydrogen) atoms. The molecule has 1 N–H and O–H groups in total. The molecule has 0 radical (unpaired) electrons. The lowest BCUT2D eigenvalue weighted by molar-refractivity contribution is 0.177. The van der Waals surface area contributed by atoms with E-state index >= 15 is 0 Å². The molecule has 1 unspecified atom stereocenters. The summed E-state index contributed by atoms with van der Waals surface area (Å²) in [6.45, 7) is 2.04. The summed E-state index contributed by atoms with van der Waals surface area (Å²) in [4.78, 5) is 0. The summed E-state index contributed by atoms with van der Waals surface area (Å²) in [5, 5.41) is 10.2. The van der Waals surface area contributed by atoms with Crippen LogP contribution in [0.3, 0.4) is 0 Å². The molecule has 0 fully saturated rings. The van der Waals surface area contributed by atoms with Gasteiger partial charge in [0.1, 0.15) is 0 Å². The molecule has 0 heterocycles. The Balaban J connectivity index is 2.17. The molecule has 0 amide bonds. The van der Waals surface area contributed by atoms with Crippen molar-refractivity contribution in [2.24, 2.45) is 0 Å². The van der Waals surface area contributed by atoms with E-state index in [9.17, 15) is 5.11 Å². The Morgan fingerprint density at radius 2 is 1.82 bits per heavy atom. The van der Waals surface area contributed by atoms with Crippen molar-refractivity contribution in [3.8, 4) is 0 Å². The van der Waals surface area contributed by atoms with Crippen LogP contribution in [0.5, 0.6) is 0 Å². The molecule has 1 nitrogen and oxygen atoms in total. The average molecular weight is 291 g/mol. The summed E-state index contributed by atoms with van der Waals surface area (Å²) in [6.07, 6.45) is 0.176. The molecule has 0 bridgehead atoms. The van der Waals surface area contributed by atoms with Crippen LogP contribution < -0.4 is 0 Å². The molecule has 0 aliphatic carbocycles. The highest BCUT2D eigenvalue weighted by Crippen LogP contribution is 2.26. The maximum absolute atomic E-state index is 10.2. The van der Waals surface area contributed by atoms with E-state index in [-0.39, 0.29) is 0 Å². The number of benzene rings is 2. The van der Waals surface area contributed by atoms with Crippen LogP contribution in [-0.2, 0) is 6.42 Å². The summed E-state index contributed by atoms with van der Waals surface area (Å²) in [6, 6.07) is 16.1.